The summed E-state index contributed by atoms with van der Waals surface area (Å²) in [6.45, 7) is 2.57. The van der Waals surface area contributed by atoms with E-state index in [-0.39, 0.29) is 12.3 Å². The summed E-state index contributed by atoms with van der Waals surface area (Å²) in [5, 5.41) is 16.3. The Balaban J connectivity index is 2.90. The van der Waals surface area contributed by atoms with Crippen molar-refractivity contribution in [2.24, 2.45) is 0 Å². The van der Waals surface area contributed by atoms with Gasteiger partial charge >= 0.3 is 5.97 Å². The number of carbonyl (C=O) groups excluding carboxylic acids is 1. The predicted molar refractivity (Wildman–Crippen MR) is 52.4 cm³/mol. The molecule has 0 aliphatic carbocycles. The van der Waals surface area contributed by atoms with Gasteiger partial charge in [0, 0.05) is 13.2 Å². The molecule has 0 spiro atoms. The molecular formula is C9H15N3O3. The molecule has 0 aliphatic rings. The van der Waals surface area contributed by atoms with E-state index in [1.54, 1.807) is 4.68 Å². The highest BCUT2D eigenvalue weighted by atomic mass is 16.5. The third-order valence-corrected chi connectivity index (χ3v) is 2.08. The number of aliphatic hydroxyl groups is 1. The number of aryl methyl sites for hydroxylation is 1. The number of methoxy groups -OCH3 is 1. The molecule has 1 aromatic heterocycles. The minimum Gasteiger partial charge on any atom is -0.464 e. The van der Waals surface area contributed by atoms with E-state index in [4.69, 9.17) is 5.11 Å². The average Bonchev–Trinajstić information content (AvgIpc) is 2.67. The molecule has 0 saturated heterocycles. The summed E-state index contributed by atoms with van der Waals surface area (Å²) in [6.07, 6.45) is 1.25. The van der Waals surface area contributed by atoms with E-state index >= 15 is 0 Å². The predicted octanol–water partition coefficient (Wildman–Crippen LogP) is 0.00950. The number of hydrogen-bond donors (Lipinski definition) is 1. The van der Waals surface area contributed by atoms with Crippen molar-refractivity contribution in [2.75, 3.05) is 13.7 Å². The second-order valence-electron chi connectivity index (χ2n) is 3.03. The van der Waals surface area contributed by atoms with E-state index in [9.17, 15) is 4.79 Å². The van der Waals surface area contributed by atoms with E-state index < -0.39 is 5.97 Å². The van der Waals surface area contributed by atoms with Crippen LogP contribution in [-0.2, 0) is 17.7 Å². The van der Waals surface area contributed by atoms with Gasteiger partial charge in [0.2, 0.25) is 0 Å². The highest BCUT2D eigenvalue weighted by molar-refractivity contribution is 5.88. The molecule has 0 aromatic carbocycles. The Morgan fingerprint density at radius 3 is 2.87 bits per heavy atom. The number of aromatic nitrogens is 3. The first-order chi connectivity index (χ1) is 7.24. The molecule has 1 heterocycles. The maximum absolute atomic E-state index is 11.3. The largest absolute Gasteiger partial charge is 0.464 e. The van der Waals surface area contributed by atoms with E-state index in [1.807, 2.05) is 6.92 Å². The Morgan fingerprint density at radius 2 is 2.33 bits per heavy atom. The van der Waals surface area contributed by atoms with Crippen LogP contribution in [0.25, 0.3) is 0 Å². The van der Waals surface area contributed by atoms with Crippen molar-refractivity contribution in [1.82, 2.24) is 15.0 Å². The number of ether oxygens (including phenoxy) is 1. The molecule has 0 bridgehead atoms. The monoisotopic (exact) mass is 213 g/mol. The summed E-state index contributed by atoms with van der Waals surface area (Å²) in [6, 6.07) is 0. The third-order valence-electron chi connectivity index (χ3n) is 2.08. The van der Waals surface area contributed by atoms with Gasteiger partial charge < -0.3 is 9.84 Å². The molecule has 1 rings (SSSR count). The third kappa shape index (κ3) is 2.53. The lowest BCUT2D eigenvalue weighted by Crippen LogP contribution is -2.09. The van der Waals surface area contributed by atoms with Gasteiger partial charge in [0.1, 0.15) is 0 Å². The minimum absolute atomic E-state index is 0.0938. The Kier molecular flexibility index (Phi) is 4.23. The summed E-state index contributed by atoms with van der Waals surface area (Å²) in [7, 11) is 1.31. The Bertz CT molecular complexity index is 335. The fourth-order valence-corrected chi connectivity index (χ4v) is 1.34. The molecule has 0 unspecified atom stereocenters. The van der Waals surface area contributed by atoms with Crippen molar-refractivity contribution in [1.29, 1.82) is 0 Å². The van der Waals surface area contributed by atoms with Crippen LogP contribution in [0.4, 0.5) is 0 Å². The number of nitrogens with zero attached hydrogens (tertiary/aromatic N) is 3. The van der Waals surface area contributed by atoms with Crippen LogP contribution in [0.1, 0.15) is 29.5 Å². The molecule has 6 nitrogen and oxygen atoms in total. The molecule has 0 aliphatic heterocycles. The zero-order valence-corrected chi connectivity index (χ0v) is 8.93. The van der Waals surface area contributed by atoms with Crippen LogP contribution in [0.3, 0.4) is 0 Å². The average molecular weight is 213 g/mol. The number of aliphatic hydroxyl groups excluding tert-OH is 1. The molecule has 0 atom stereocenters. The van der Waals surface area contributed by atoms with Crippen LogP contribution in [0.15, 0.2) is 0 Å². The van der Waals surface area contributed by atoms with Crippen molar-refractivity contribution in [3.05, 3.63) is 11.4 Å². The highest BCUT2D eigenvalue weighted by Gasteiger charge is 2.18. The quantitative estimate of drug-likeness (QED) is 0.697. The van der Waals surface area contributed by atoms with Gasteiger partial charge in [-0.1, -0.05) is 12.1 Å². The van der Waals surface area contributed by atoms with Gasteiger partial charge in [0.25, 0.3) is 0 Å². The Morgan fingerprint density at radius 1 is 1.60 bits per heavy atom. The van der Waals surface area contributed by atoms with Crippen molar-refractivity contribution < 1.29 is 14.6 Å². The standard InChI is InChI=1S/C9H15N3O3/c1-3-7-8(9(14)15-2)10-11-12(7)5-4-6-13/h13H,3-6H2,1-2H3. The van der Waals surface area contributed by atoms with Crippen molar-refractivity contribution in [3.63, 3.8) is 0 Å². The molecule has 0 fully saturated rings. The van der Waals surface area contributed by atoms with Crippen LogP contribution in [0.2, 0.25) is 0 Å². The van der Waals surface area contributed by atoms with Gasteiger partial charge in [0.05, 0.1) is 12.8 Å². The first-order valence-electron chi connectivity index (χ1n) is 4.86. The number of carbonyl (C=O) groups is 1. The van der Waals surface area contributed by atoms with Crippen molar-refractivity contribution in [3.8, 4) is 0 Å². The first-order valence-corrected chi connectivity index (χ1v) is 4.86. The van der Waals surface area contributed by atoms with Gasteiger partial charge in [-0.15, -0.1) is 5.10 Å². The minimum atomic E-state index is -0.470. The summed E-state index contributed by atoms with van der Waals surface area (Å²) >= 11 is 0. The maximum atomic E-state index is 11.3. The van der Waals surface area contributed by atoms with Crippen LogP contribution >= 0.6 is 0 Å². The van der Waals surface area contributed by atoms with Gasteiger partial charge in [-0.05, 0) is 12.8 Å². The molecule has 1 N–H and O–H groups in total. The van der Waals surface area contributed by atoms with Crippen molar-refractivity contribution >= 4 is 5.97 Å². The SMILES string of the molecule is CCc1c(C(=O)OC)nnn1CCCO. The fourth-order valence-electron chi connectivity index (χ4n) is 1.34. The molecule has 0 amide bonds. The summed E-state index contributed by atoms with van der Waals surface area (Å²) < 4.78 is 6.22. The lowest BCUT2D eigenvalue weighted by atomic mass is 10.2. The topological polar surface area (TPSA) is 77.2 Å². The van der Waals surface area contributed by atoms with Gasteiger partial charge in [-0.2, -0.15) is 0 Å². The van der Waals surface area contributed by atoms with Crippen LogP contribution in [-0.4, -0.2) is 39.8 Å². The van der Waals surface area contributed by atoms with E-state index in [0.29, 0.717) is 19.4 Å². The Labute approximate surface area is 87.9 Å². The lowest BCUT2D eigenvalue weighted by Gasteiger charge is -2.03. The lowest BCUT2D eigenvalue weighted by molar-refractivity contribution is 0.0592. The van der Waals surface area contributed by atoms with E-state index in [0.717, 1.165) is 5.69 Å². The van der Waals surface area contributed by atoms with E-state index in [1.165, 1.54) is 7.11 Å². The van der Waals surface area contributed by atoms with Gasteiger partial charge in [0.15, 0.2) is 5.69 Å². The van der Waals surface area contributed by atoms with Gasteiger partial charge in [-0.25, -0.2) is 9.48 Å². The van der Waals surface area contributed by atoms with E-state index in [2.05, 4.69) is 15.0 Å². The normalized spacial score (nSPS) is 10.3. The summed E-state index contributed by atoms with van der Waals surface area (Å²) in [5.74, 6) is -0.470. The second-order valence-corrected chi connectivity index (χ2v) is 3.03. The maximum Gasteiger partial charge on any atom is 0.360 e. The smallest absolute Gasteiger partial charge is 0.360 e. The number of esters is 1. The molecule has 84 valence electrons. The number of rotatable bonds is 5. The molecular weight excluding hydrogens is 198 g/mol. The fraction of sp³-hybridized carbons (Fsp3) is 0.667. The number of hydrogen-bond acceptors (Lipinski definition) is 5. The van der Waals surface area contributed by atoms with Crippen LogP contribution in [0, 0.1) is 0 Å². The zero-order valence-electron chi connectivity index (χ0n) is 8.93. The second kappa shape index (κ2) is 5.45. The molecule has 0 radical (unpaired) electrons. The Hall–Kier alpha value is -1.43. The van der Waals surface area contributed by atoms with Crippen LogP contribution < -0.4 is 0 Å². The zero-order chi connectivity index (χ0) is 11.3. The summed E-state index contributed by atoms with van der Waals surface area (Å²) in [5.41, 5.74) is 1.01. The molecule has 15 heavy (non-hydrogen) atoms. The molecule has 6 heteroatoms. The summed E-state index contributed by atoms with van der Waals surface area (Å²) in [4.78, 5) is 11.3. The first kappa shape index (κ1) is 11.6. The van der Waals surface area contributed by atoms with Crippen LogP contribution in [0.5, 0.6) is 0 Å². The van der Waals surface area contributed by atoms with Gasteiger partial charge in [-0.3, -0.25) is 0 Å². The molecule has 0 saturated carbocycles. The van der Waals surface area contributed by atoms with Crippen molar-refractivity contribution in [2.45, 2.75) is 26.3 Å². The molecule has 1 aromatic rings. The highest BCUT2D eigenvalue weighted by Crippen LogP contribution is 2.08.